The minimum absolute atomic E-state index is 0.0791. The van der Waals surface area contributed by atoms with Crippen LogP contribution in [0.1, 0.15) is 55.4 Å². The first kappa shape index (κ1) is 19.9. The number of hydrogen-bond acceptors (Lipinski definition) is 5. The van der Waals surface area contributed by atoms with E-state index >= 15 is 0 Å². The zero-order chi connectivity index (χ0) is 18.7. The van der Waals surface area contributed by atoms with Crippen LogP contribution in [0.4, 0.5) is 5.69 Å². The topological polar surface area (TPSA) is 85.4 Å². The molecule has 0 bridgehead atoms. The van der Waals surface area contributed by atoms with Gasteiger partial charge >= 0.3 is 0 Å². The van der Waals surface area contributed by atoms with Gasteiger partial charge in [0.15, 0.2) is 0 Å². The van der Waals surface area contributed by atoms with Crippen LogP contribution in [-0.2, 0) is 4.74 Å². The fraction of sp³-hybridized carbons (Fsp3) is 0.611. The van der Waals surface area contributed by atoms with Crippen LogP contribution < -0.4 is 4.74 Å². The van der Waals surface area contributed by atoms with Crippen molar-refractivity contribution in [1.82, 2.24) is 0 Å². The standard InChI is InChI=1S/C16H20N2O4.C2H6/c1-9-10(2)15-13(11(3)14(9)18(19)20)12(7-17)6-16(4,22-15)8-21-5;1-2/h12H,6,8H2,1-5H3;1-2H3. The van der Waals surface area contributed by atoms with Crippen molar-refractivity contribution in [3.05, 3.63) is 32.4 Å². The Balaban J connectivity index is 0.00000139. The molecule has 2 rings (SSSR count). The highest BCUT2D eigenvalue weighted by atomic mass is 16.6. The quantitative estimate of drug-likeness (QED) is 0.606. The molecule has 0 aromatic heterocycles. The average molecular weight is 334 g/mol. The van der Waals surface area contributed by atoms with Gasteiger partial charge in [-0.05, 0) is 27.7 Å². The number of benzene rings is 1. The second-order valence-corrected chi connectivity index (χ2v) is 6.09. The van der Waals surface area contributed by atoms with Crippen molar-refractivity contribution in [2.24, 2.45) is 0 Å². The normalized spacial score (nSPS) is 21.7. The molecule has 2 atom stereocenters. The van der Waals surface area contributed by atoms with Crippen LogP contribution in [0.2, 0.25) is 0 Å². The number of fused-ring (bicyclic) bond motifs is 1. The predicted octanol–water partition coefficient (Wildman–Crippen LogP) is 4.34. The molecule has 1 aliphatic heterocycles. The number of rotatable bonds is 3. The maximum Gasteiger partial charge on any atom is 0.276 e. The molecule has 0 N–H and O–H groups in total. The Morgan fingerprint density at radius 2 is 1.92 bits per heavy atom. The maximum atomic E-state index is 11.4. The maximum absolute atomic E-state index is 11.4. The van der Waals surface area contributed by atoms with Gasteiger partial charge in [-0.3, -0.25) is 10.1 Å². The van der Waals surface area contributed by atoms with Crippen molar-refractivity contribution in [3.8, 4) is 11.8 Å². The van der Waals surface area contributed by atoms with Gasteiger partial charge in [0.25, 0.3) is 5.69 Å². The van der Waals surface area contributed by atoms with Gasteiger partial charge in [-0.25, -0.2) is 0 Å². The number of hydrogen-bond donors (Lipinski definition) is 0. The van der Waals surface area contributed by atoms with Crippen LogP contribution in [0.5, 0.6) is 5.75 Å². The van der Waals surface area contributed by atoms with Gasteiger partial charge in [-0.2, -0.15) is 5.26 Å². The van der Waals surface area contributed by atoms with Crippen molar-refractivity contribution < 1.29 is 14.4 Å². The highest BCUT2D eigenvalue weighted by Crippen LogP contribution is 2.48. The molecule has 0 fully saturated rings. The first-order chi connectivity index (χ1) is 11.3. The molecule has 1 aromatic rings. The van der Waals surface area contributed by atoms with E-state index in [9.17, 15) is 15.4 Å². The lowest BCUT2D eigenvalue weighted by Gasteiger charge is -2.39. The summed E-state index contributed by atoms with van der Waals surface area (Å²) in [6, 6.07) is 2.27. The highest BCUT2D eigenvalue weighted by Gasteiger charge is 2.41. The number of nitro benzene ring substituents is 1. The third kappa shape index (κ3) is 3.36. The first-order valence-corrected chi connectivity index (χ1v) is 8.11. The number of methoxy groups -OCH3 is 1. The summed E-state index contributed by atoms with van der Waals surface area (Å²) in [5, 5.41) is 20.9. The van der Waals surface area contributed by atoms with Gasteiger partial charge in [-0.1, -0.05) is 13.8 Å². The Kier molecular flexibility index (Phi) is 6.33. The van der Waals surface area contributed by atoms with E-state index in [1.807, 2.05) is 20.8 Å². The lowest BCUT2D eigenvalue weighted by molar-refractivity contribution is -0.386. The second-order valence-electron chi connectivity index (χ2n) is 6.09. The summed E-state index contributed by atoms with van der Waals surface area (Å²) in [7, 11) is 1.59. The third-order valence-electron chi connectivity index (χ3n) is 4.38. The minimum atomic E-state index is -0.609. The molecule has 0 saturated carbocycles. The van der Waals surface area contributed by atoms with Crippen LogP contribution >= 0.6 is 0 Å². The fourth-order valence-corrected chi connectivity index (χ4v) is 3.28. The summed E-state index contributed by atoms with van der Waals surface area (Å²) in [5.41, 5.74) is 1.94. The molecular weight excluding hydrogens is 308 g/mol. The van der Waals surface area contributed by atoms with Crippen molar-refractivity contribution in [2.45, 2.75) is 59.5 Å². The Hall–Kier alpha value is -2.13. The molecule has 0 saturated heterocycles. The molecule has 24 heavy (non-hydrogen) atoms. The zero-order valence-electron chi connectivity index (χ0n) is 15.5. The van der Waals surface area contributed by atoms with E-state index < -0.39 is 11.5 Å². The summed E-state index contributed by atoms with van der Waals surface area (Å²) in [6.45, 7) is 11.5. The molecule has 0 amide bonds. The Morgan fingerprint density at radius 3 is 2.38 bits per heavy atom. The Labute approximate surface area is 143 Å². The summed E-state index contributed by atoms with van der Waals surface area (Å²) in [5.74, 6) is 0.153. The predicted molar refractivity (Wildman–Crippen MR) is 92.5 cm³/mol. The molecule has 6 heteroatoms. The molecule has 0 aliphatic carbocycles. The molecule has 1 heterocycles. The van der Waals surface area contributed by atoms with Crippen LogP contribution in [-0.4, -0.2) is 24.2 Å². The van der Waals surface area contributed by atoms with Gasteiger partial charge < -0.3 is 9.47 Å². The molecule has 0 radical (unpaired) electrons. The van der Waals surface area contributed by atoms with Crippen LogP contribution in [0.3, 0.4) is 0 Å². The van der Waals surface area contributed by atoms with Crippen LogP contribution in [0, 0.1) is 42.2 Å². The molecule has 1 aromatic carbocycles. The fourth-order valence-electron chi connectivity index (χ4n) is 3.28. The number of nitro groups is 1. The summed E-state index contributed by atoms with van der Waals surface area (Å²) < 4.78 is 11.3. The molecule has 2 unspecified atom stereocenters. The second kappa shape index (κ2) is 7.63. The Morgan fingerprint density at radius 1 is 1.33 bits per heavy atom. The highest BCUT2D eigenvalue weighted by molar-refractivity contribution is 5.64. The van der Waals surface area contributed by atoms with E-state index in [0.29, 0.717) is 35.5 Å². The summed E-state index contributed by atoms with van der Waals surface area (Å²) in [4.78, 5) is 11.0. The summed E-state index contributed by atoms with van der Waals surface area (Å²) >= 11 is 0. The van der Waals surface area contributed by atoms with E-state index in [-0.39, 0.29) is 10.6 Å². The van der Waals surface area contributed by atoms with Gasteiger partial charge in [0.2, 0.25) is 0 Å². The SMILES string of the molecule is CC.COCC1(C)CC(C#N)c2c(C)c([N+](=O)[O-])c(C)c(C)c2O1. The van der Waals surface area contributed by atoms with E-state index in [1.165, 1.54) is 0 Å². The van der Waals surface area contributed by atoms with E-state index in [4.69, 9.17) is 9.47 Å². The zero-order valence-corrected chi connectivity index (χ0v) is 15.5. The average Bonchev–Trinajstić information content (AvgIpc) is 2.53. The van der Waals surface area contributed by atoms with Crippen molar-refractivity contribution in [3.63, 3.8) is 0 Å². The minimum Gasteiger partial charge on any atom is -0.484 e. The molecule has 0 spiro atoms. The van der Waals surface area contributed by atoms with Gasteiger partial charge in [0.1, 0.15) is 11.4 Å². The van der Waals surface area contributed by atoms with Crippen LogP contribution in [0.25, 0.3) is 0 Å². The largest absolute Gasteiger partial charge is 0.484 e. The Bertz CT molecular complexity index is 679. The molecule has 132 valence electrons. The van der Waals surface area contributed by atoms with E-state index in [2.05, 4.69) is 6.07 Å². The number of nitrogens with zero attached hydrogens (tertiary/aromatic N) is 2. The van der Waals surface area contributed by atoms with Crippen molar-refractivity contribution in [2.75, 3.05) is 13.7 Å². The lowest BCUT2D eigenvalue weighted by atomic mass is 9.80. The van der Waals surface area contributed by atoms with Gasteiger partial charge in [0.05, 0.1) is 23.5 Å². The summed E-state index contributed by atoms with van der Waals surface area (Å²) in [6.07, 6.45) is 0.449. The van der Waals surface area contributed by atoms with Gasteiger partial charge in [-0.15, -0.1) is 0 Å². The smallest absolute Gasteiger partial charge is 0.276 e. The third-order valence-corrected chi connectivity index (χ3v) is 4.38. The van der Waals surface area contributed by atoms with E-state index in [0.717, 1.165) is 5.56 Å². The molecular formula is C18H26N2O4. The molecule has 6 nitrogen and oxygen atoms in total. The monoisotopic (exact) mass is 334 g/mol. The number of ether oxygens (including phenoxy) is 2. The van der Waals surface area contributed by atoms with Crippen molar-refractivity contribution >= 4 is 5.69 Å². The van der Waals surface area contributed by atoms with Gasteiger partial charge in [0, 0.05) is 35.8 Å². The van der Waals surface area contributed by atoms with E-state index in [1.54, 1.807) is 27.9 Å². The van der Waals surface area contributed by atoms with Crippen LogP contribution in [0.15, 0.2) is 0 Å². The number of nitriles is 1. The van der Waals surface area contributed by atoms with Crippen molar-refractivity contribution in [1.29, 1.82) is 5.26 Å². The lowest BCUT2D eigenvalue weighted by Crippen LogP contribution is -2.42. The first-order valence-electron chi connectivity index (χ1n) is 8.11. The molecule has 1 aliphatic rings.